The van der Waals surface area contributed by atoms with Gasteiger partial charge < -0.3 is 5.32 Å². The summed E-state index contributed by atoms with van der Waals surface area (Å²) in [6, 6.07) is 17.5. The Kier molecular flexibility index (Phi) is 6.70. The zero-order valence-corrected chi connectivity index (χ0v) is 20.8. The van der Waals surface area contributed by atoms with Gasteiger partial charge in [0.05, 0.1) is 28.6 Å². The van der Waals surface area contributed by atoms with E-state index in [1.165, 1.54) is 23.1 Å². The highest BCUT2D eigenvalue weighted by Gasteiger charge is 2.16. The molecule has 34 heavy (non-hydrogen) atoms. The van der Waals surface area contributed by atoms with Gasteiger partial charge in [-0.3, -0.25) is 14.2 Å². The number of hydrogen-bond donors (Lipinski definition) is 1. The van der Waals surface area contributed by atoms with Gasteiger partial charge in [-0.2, -0.15) is 8.75 Å². The molecule has 5 aromatic rings. The van der Waals surface area contributed by atoms with Crippen molar-refractivity contribution in [3.8, 4) is 0 Å². The van der Waals surface area contributed by atoms with Crippen molar-refractivity contribution in [1.82, 2.24) is 18.3 Å². The Morgan fingerprint density at radius 2 is 1.97 bits per heavy atom. The third-order valence-corrected chi connectivity index (χ3v) is 8.07. The van der Waals surface area contributed by atoms with Crippen LogP contribution >= 0.6 is 34.8 Å². The van der Waals surface area contributed by atoms with Crippen LogP contribution in [0.2, 0.25) is 0 Å². The molecule has 0 aliphatic carbocycles. The molecule has 3 aromatic heterocycles. The Balaban J connectivity index is 1.39. The first-order valence-electron chi connectivity index (χ1n) is 10.8. The lowest BCUT2D eigenvalue weighted by Crippen LogP contribution is -2.24. The van der Waals surface area contributed by atoms with E-state index in [4.69, 9.17) is 4.98 Å². The summed E-state index contributed by atoms with van der Waals surface area (Å²) in [5.74, 6) is -0.0571. The van der Waals surface area contributed by atoms with Crippen LogP contribution < -0.4 is 10.9 Å². The lowest BCUT2D eigenvalue weighted by molar-refractivity contribution is -0.113. The average molecular weight is 508 g/mol. The van der Waals surface area contributed by atoms with Gasteiger partial charge in [0.25, 0.3) is 5.56 Å². The molecule has 0 atom stereocenters. The summed E-state index contributed by atoms with van der Waals surface area (Å²) in [4.78, 5) is 32.7. The van der Waals surface area contributed by atoms with Gasteiger partial charge in [-0.1, -0.05) is 55.1 Å². The number of rotatable bonds is 8. The first-order valence-corrected chi connectivity index (χ1v) is 13.4. The summed E-state index contributed by atoms with van der Waals surface area (Å²) in [5.41, 5.74) is 3.15. The highest BCUT2D eigenvalue weighted by molar-refractivity contribution is 7.99. The number of nitrogens with one attached hydrogen (secondary N) is 1. The SMILES string of the molecule is CCc1cc2c(=O)n(CCc3ccccc3)c(SCC(=O)Nc3cccc4nsnc34)nc2s1. The molecule has 2 aromatic carbocycles. The van der Waals surface area contributed by atoms with Gasteiger partial charge in [-0.05, 0) is 36.6 Å². The third-order valence-electron chi connectivity index (χ3n) is 5.37. The van der Waals surface area contributed by atoms with Crippen LogP contribution in [0.25, 0.3) is 21.3 Å². The van der Waals surface area contributed by atoms with Crippen molar-refractivity contribution in [2.45, 2.75) is 31.5 Å². The number of amides is 1. The number of thiophene rings is 1. The first kappa shape index (κ1) is 22.7. The van der Waals surface area contributed by atoms with Crippen molar-refractivity contribution in [1.29, 1.82) is 0 Å². The molecule has 0 aliphatic heterocycles. The fourth-order valence-corrected chi connectivity index (χ4v) is 6.02. The molecular formula is C24H21N5O2S3. The zero-order chi connectivity index (χ0) is 23.5. The standard InChI is InChI=1S/C24H21N5O2S3/c1-2-16-13-17-22(33-16)26-24(29(23(17)31)12-11-15-7-4-3-5-8-15)32-14-20(30)25-18-9-6-10-19-21(18)28-34-27-19/h3-10,13H,2,11-12,14H2,1H3,(H,25,30). The number of anilines is 1. The zero-order valence-electron chi connectivity index (χ0n) is 18.4. The van der Waals surface area contributed by atoms with Gasteiger partial charge in [0.2, 0.25) is 5.91 Å². The average Bonchev–Trinajstić information content (AvgIpc) is 3.50. The Bertz CT molecular complexity index is 1520. The lowest BCUT2D eigenvalue weighted by atomic mass is 10.1. The van der Waals surface area contributed by atoms with Crippen LogP contribution in [-0.2, 0) is 24.2 Å². The first-order chi connectivity index (χ1) is 16.6. The second-order valence-electron chi connectivity index (χ2n) is 7.65. The van der Waals surface area contributed by atoms with E-state index in [1.807, 2.05) is 54.6 Å². The minimum atomic E-state index is -0.185. The van der Waals surface area contributed by atoms with Crippen LogP contribution in [0.4, 0.5) is 5.69 Å². The van der Waals surface area contributed by atoms with Crippen LogP contribution in [0.15, 0.2) is 64.5 Å². The molecule has 0 fully saturated rings. The maximum absolute atomic E-state index is 13.4. The number of aromatic nitrogens is 4. The largest absolute Gasteiger partial charge is 0.323 e. The third kappa shape index (κ3) is 4.75. The van der Waals surface area contributed by atoms with Crippen LogP contribution in [-0.4, -0.2) is 30.0 Å². The molecule has 1 N–H and O–H groups in total. The molecule has 0 bridgehead atoms. The number of nitrogens with zero attached hydrogens (tertiary/aromatic N) is 4. The molecule has 0 saturated heterocycles. The summed E-state index contributed by atoms with van der Waals surface area (Å²) >= 11 is 3.92. The highest BCUT2D eigenvalue weighted by atomic mass is 32.2. The Morgan fingerprint density at radius 3 is 2.79 bits per heavy atom. The minimum absolute atomic E-state index is 0.0573. The molecule has 0 aliphatic rings. The summed E-state index contributed by atoms with van der Waals surface area (Å²) < 4.78 is 10.2. The molecule has 5 rings (SSSR count). The van der Waals surface area contributed by atoms with Gasteiger partial charge >= 0.3 is 0 Å². The summed E-state index contributed by atoms with van der Waals surface area (Å²) in [5, 5.41) is 4.12. The number of aryl methyl sites for hydroxylation is 2. The monoisotopic (exact) mass is 507 g/mol. The fraction of sp³-hybridized carbons (Fsp3) is 0.208. The maximum Gasteiger partial charge on any atom is 0.262 e. The molecule has 1 amide bonds. The number of carbonyl (C=O) groups is 1. The van der Waals surface area contributed by atoms with E-state index in [9.17, 15) is 9.59 Å². The smallest absolute Gasteiger partial charge is 0.262 e. The van der Waals surface area contributed by atoms with Gasteiger partial charge in [0.15, 0.2) is 5.16 Å². The van der Waals surface area contributed by atoms with Gasteiger partial charge in [-0.15, -0.1) is 11.3 Å². The van der Waals surface area contributed by atoms with Crippen molar-refractivity contribution in [3.05, 3.63) is 75.4 Å². The van der Waals surface area contributed by atoms with Gasteiger partial charge in [-0.25, -0.2) is 4.98 Å². The van der Waals surface area contributed by atoms with Gasteiger partial charge in [0.1, 0.15) is 15.9 Å². The van der Waals surface area contributed by atoms with Crippen LogP contribution in [0.3, 0.4) is 0 Å². The Labute approximate surface area is 208 Å². The molecule has 10 heteroatoms. The molecule has 7 nitrogen and oxygen atoms in total. The van der Waals surface area contributed by atoms with E-state index in [1.54, 1.807) is 4.57 Å². The summed E-state index contributed by atoms with van der Waals surface area (Å²) in [7, 11) is 0. The van der Waals surface area contributed by atoms with Crippen molar-refractivity contribution < 1.29 is 4.79 Å². The highest BCUT2D eigenvalue weighted by Crippen LogP contribution is 2.26. The number of benzene rings is 2. The topological polar surface area (TPSA) is 89.8 Å². The van der Waals surface area contributed by atoms with Crippen LogP contribution in [0.1, 0.15) is 17.4 Å². The maximum atomic E-state index is 13.4. The number of carbonyl (C=O) groups excluding carboxylic acids is 1. The number of fused-ring (bicyclic) bond motifs is 2. The molecule has 0 unspecified atom stereocenters. The second kappa shape index (κ2) is 10.0. The second-order valence-corrected chi connectivity index (χ2v) is 10.2. The molecule has 3 heterocycles. The van der Waals surface area contributed by atoms with E-state index in [0.29, 0.717) is 34.7 Å². The van der Waals surface area contributed by atoms with E-state index < -0.39 is 0 Å². The van der Waals surface area contributed by atoms with E-state index in [-0.39, 0.29) is 17.2 Å². The number of thioether (sulfide) groups is 1. The normalized spacial score (nSPS) is 11.3. The molecule has 172 valence electrons. The fourth-order valence-electron chi connectivity index (χ4n) is 3.64. The minimum Gasteiger partial charge on any atom is -0.323 e. The van der Waals surface area contributed by atoms with Crippen molar-refractivity contribution in [3.63, 3.8) is 0 Å². The Morgan fingerprint density at radius 1 is 1.12 bits per heavy atom. The van der Waals surface area contributed by atoms with E-state index >= 15 is 0 Å². The summed E-state index contributed by atoms with van der Waals surface area (Å²) in [6.07, 6.45) is 1.56. The molecule has 0 spiro atoms. The van der Waals surface area contributed by atoms with Crippen molar-refractivity contribution in [2.24, 2.45) is 0 Å². The van der Waals surface area contributed by atoms with Crippen LogP contribution in [0, 0.1) is 0 Å². The van der Waals surface area contributed by atoms with E-state index in [0.717, 1.165) is 38.9 Å². The predicted octanol–water partition coefficient (Wildman–Crippen LogP) is 5.00. The lowest BCUT2D eigenvalue weighted by Gasteiger charge is -2.12. The number of hydrogen-bond acceptors (Lipinski definition) is 8. The van der Waals surface area contributed by atoms with Crippen molar-refractivity contribution >= 4 is 67.7 Å². The van der Waals surface area contributed by atoms with Crippen LogP contribution in [0.5, 0.6) is 0 Å². The van der Waals surface area contributed by atoms with Gasteiger partial charge in [0, 0.05) is 11.4 Å². The summed E-state index contributed by atoms with van der Waals surface area (Å²) in [6.45, 7) is 2.56. The Hall–Kier alpha value is -3.08. The quantitative estimate of drug-likeness (QED) is 0.235. The molecule has 0 saturated carbocycles. The molecular weight excluding hydrogens is 486 g/mol. The van der Waals surface area contributed by atoms with Crippen molar-refractivity contribution in [2.75, 3.05) is 11.1 Å². The predicted molar refractivity (Wildman–Crippen MR) is 140 cm³/mol. The van der Waals surface area contributed by atoms with E-state index in [2.05, 4.69) is 21.0 Å². The molecule has 0 radical (unpaired) electrons.